The molecule has 0 atom stereocenters. The van der Waals surface area contributed by atoms with Crippen LogP contribution in [0.4, 0.5) is 8.78 Å². The number of rotatable bonds is 3. The molecule has 5 aromatic rings. The highest BCUT2D eigenvalue weighted by Gasteiger charge is 2.14. The van der Waals surface area contributed by atoms with Crippen LogP contribution in [0.3, 0.4) is 0 Å². The van der Waals surface area contributed by atoms with Gasteiger partial charge in [-0.2, -0.15) is 5.10 Å². The van der Waals surface area contributed by atoms with E-state index in [-0.39, 0.29) is 11.6 Å². The van der Waals surface area contributed by atoms with Gasteiger partial charge in [0.2, 0.25) is 0 Å². The average molecular weight is 372 g/mol. The molecule has 28 heavy (non-hydrogen) atoms. The summed E-state index contributed by atoms with van der Waals surface area (Å²) in [6.07, 6.45) is 3.64. The van der Waals surface area contributed by atoms with E-state index in [2.05, 4.69) is 20.2 Å². The van der Waals surface area contributed by atoms with Gasteiger partial charge in [0.1, 0.15) is 17.5 Å². The molecule has 0 aliphatic heterocycles. The molecular weight excluding hydrogens is 358 g/mol. The molecule has 2 aromatic heterocycles. The van der Waals surface area contributed by atoms with Crippen molar-refractivity contribution in [3.05, 3.63) is 83.6 Å². The second-order valence-corrected chi connectivity index (χ2v) is 6.47. The number of fused-ring (bicyclic) bond motifs is 2. The average Bonchev–Trinajstić information content (AvgIpc) is 3.30. The molecule has 0 unspecified atom stereocenters. The lowest BCUT2D eigenvalue weighted by Crippen LogP contribution is -1.87. The number of para-hydroxylation sites is 2. The zero-order valence-electron chi connectivity index (χ0n) is 14.6. The fourth-order valence-electron chi connectivity index (χ4n) is 3.20. The molecule has 0 radical (unpaired) electrons. The quantitative estimate of drug-likeness (QED) is 0.436. The van der Waals surface area contributed by atoms with Gasteiger partial charge in [-0.3, -0.25) is 5.10 Å². The third kappa shape index (κ3) is 2.85. The molecule has 136 valence electrons. The molecule has 0 spiro atoms. The van der Waals surface area contributed by atoms with Crippen LogP contribution in [0.25, 0.3) is 45.5 Å². The Hall–Kier alpha value is -3.80. The number of aromatic nitrogens is 4. The lowest BCUT2D eigenvalue weighted by Gasteiger charge is -2.00. The van der Waals surface area contributed by atoms with Gasteiger partial charge < -0.3 is 4.98 Å². The smallest absolute Gasteiger partial charge is 0.141 e. The molecule has 0 fully saturated rings. The first-order chi connectivity index (χ1) is 13.7. The monoisotopic (exact) mass is 372 g/mol. The van der Waals surface area contributed by atoms with E-state index in [1.54, 1.807) is 18.2 Å². The first-order valence-electron chi connectivity index (χ1n) is 8.74. The third-order valence-electron chi connectivity index (χ3n) is 4.63. The number of hydrogen-bond donors (Lipinski definition) is 2. The molecule has 0 aliphatic carbocycles. The maximum atomic E-state index is 14.7. The van der Waals surface area contributed by atoms with Gasteiger partial charge in [0, 0.05) is 11.5 Å². The Bertz CT molecular complexity index is 1300. The Morgan fingerprint density at radius 3 is 2.50 bits per heavy atom. The van der Waals surface area contributed by atoms with Gasteiger partial charge in [-0.25, -0.2) is 13.8 Å². The van der Waals surface area contributed by atoms with E-state index in [1.165, 1.54) is 18.2 Å². The summed E-state index contributed by atoms with van der Waals surface area (Å²) < 4.78 is 27.7. The molecule has 0 aliphatic rings. The van der Waals surface area contributed by atoms with Crippen LogP contribution in [0.1, 0.15) is 11.3 Å². The zero-order valence-corrected chi connectivity index (χ0v) is 14.6. The van der Waals surface area contributed by atoms with Crippen LogP contribution >= 0.6 is 0 Å². The van der Waals surface area contributed by atoms with Crippen molar-refractivity contribution in [1.29, 1.82) is 0 Å². The van der Waals surface area contributed by atoms with Crippen LogP contribution in [0.5, 0.6) is 0 Å². The maximum absolute atomic E-state index is 14.7. The normalized spacial score (nSPS) is 11.8. The van der Waals surface area contributed by atoms with Crippen molar-refractivity contribution in [1.82, 2.24) is 20.2 Å². The van der Waals surface area contributed by atoms with E-state index in [0.717, 1.165) is 22.0 Å². The molecular formula is C22H14F2N4. The van der Waals surface area contributed by atoms with E-state index < -0.39 is 0 Å². The van der Waals surface area contributed by atoms with Crippen LogP contribution < -0.4 is 0 Å². The fraction of sp³-hybridized carbons (Fsp3) is 0. The fourth-order valence-corrected chi connectivity index (χ4v) is 3.20. The van der Waals surface area contributed by atoms with Gasteiger partial charge in [-0.1, -0.05) is 30.3 Å². The minimum Gasteiger partial charge on any atom is -0.338 e. The SMILES string of the molecule is Fc1ccc(C=Cc2n[nH]c3cc(F)c(-c4nc5ccccc5[nH]4)cc23)cc1. The molecule has 4 nitrogen and oxygen atoms in total. The number of halogens is 2. The summed E-state index contributed by atoms with van der Waals surface area (Å²) in [5.41, 5.74) is 4.10. The predicted molar refractivity (Wildman–Crippen MR) is 106 cm³/mol. The number of benzene rings is 3. The van der Waals surface area contributed by atoms with Crippen molar-refractivity contribution in [2.75, 3.05) is 0 Å². The number of aromatic amines is 2. The summed E-state index contributed by atoms with van der Waals surface area (Å²) in [7, 11) is 0. The first-order valence-corrected chi connectivity index (χ1v) is 8.74. The van der Waals surface area contributed by atoms with Gasteiger partial charge in [-0.15, -0.1) is 0 Å². The van der Waals surface area contributed by atoms with E-state index >= 15 is 0 Å². The highest BCUT2D eigenvalue weighted by molar-refractivity contribution is 5.92. The summed E-state index contributed by atoms with van der Waals surface area (Å²) in [5, 5.41) is 7.88. The highest BCUT2D eigenvalue weighted by Crippen LogP contribution is 2.29. The summed E-state index contributed by atoms with van der Waals surface area (Å²) in [4.78, 5) is 7.64. The van der Waals surface area contributed by atoms with E-state index in [4.69, 9.17) is 0 Å². The standard InChI is InChI=1S/C22H14F2N4/c23-14-8-5-13(6-9-14)7-10-18-16-11-15(17(24)12-21(16)28-27-18)22-25-19-3-1-2-4-20(19)26-22/h1-12H,(H,25,26)(H,27,28). The second kappa shape index (κ2) is 6.42. The number of hydrogen-bond acceptors (Lipinski definition) is 2. The first kappa shape index (κ1) is 16.4. The minimum atomic E-state index is -0.385. The van der Waals surface area contributed by atoms with Crippen LogP contribution in [-0.2, 0) is 0 Å². The van der Waals surface area contributed by atoms with Crippen molar-refractivity contribution in [2.45, 2.75) is 0 Å². The van der Waals surface area contributed by atoms with Crippen molar-refractivity contribution in [2.24, 2.45) is 0 Å². The van der Waals surface area contributed by atoms with E-state index in [9.17, 15) is 8.78 Å². The molecule has 0 bridgehead atoms. The summed E-state index contributed by atoms with van der Waals surface area (Å²) in [6, 6.07) is 16.9. The molecule has 0 saturated heterocycles. The predicted octanol–water partition coefficient (Wildman–Crippen LogP) is 5.55. The Labute approximate surface area is 158 Å². The zero-order chi connectivity index (χ0) is 19.1. The molecule has 5 rings (SSSR count). The molecule has 2 N–H and O–H groups in total. The number of nitrogens with zero attached hydrogens (tertiary/aromatic N) is 2. The van der Waals surface area contributed by atoms with Gasteiger partial charge in [0.05, 0.1) is 27.8 Å². The van der Waals surface area contributed by atoms with E-state index in [1.807, 2.05) is 36.4 Å². The molecule has 0 saturated carbocycles. The van der Waals surface area contributed by atoms with Crippen LogP contribution in [-0.4, -0.2) is 20.2 Å². The van der Waals surface area contributed by atoms with Crippen molar-refractivity contribution >= 4 is 34.1 Å². The largest absolute Gasteiger partial charge is 0.338 e. The number of H-pyrrole nitrogens is 2. The Morgan fingerprint density at radius 1 is 0.857 bits per heavy atom. The maximum Gasteiger partial charge on any atom is 0.141 e. The highest BCUT2D eigenvalue weighted by atomic mass is 19.1. The van der Waals surface area contributed by atoms with E-state index in [0.29, 0.717) is 22.6 Å². The van der Waals surface area contributed by atoms with Gasteiger partial charge in [-0.05, 0) is 42.0 Å². The van der Waals surface area contributed by atoms with Crippen molar-refractivity contribution in [3.8, 4) is 11.4 Å². The van der Waals surface area contributed by atoms with Crippen LogP contribution in [0.15, 0.2) is 60.7 Å². The molecule has 3 aromatic carbocycles. The topological polar surface area (TPSA) is 57.4 Å². The minimum absolute atomic E-state index is 0.284. The second-order valence-electron chi connectivity index (χ2n) is 6.47. The summed E-state index contributed by atoms with van der Waals surface area (Å²) in [5.74, 6) is -0.201. The van der Waals surface area contributed by atoms with Gasteiger partial charge >= 0.3 is 0 Å². The molecule has 6 heteroatoms. The number of nitrogens with one attached hydrogen (secondary N) is 2. The summed E-state index contributed by atoms with van der Waals surface area (Å²) in [6.45, 7) is 0. The van der Waals surface area contributed by atoms with Crippen LogP contribution in [0.2, 0.25) is 0 Å². The Kier molecular flexibility index (Phi) is 3.76. The van der Waals surface area contributed by atoms with Crippen molar-refractivity contribution < 1.29 is 8.78 Å². The Morgan fingerprint density at radius 2 is 1.68 bits per heavy atom. The molecule has 0 amide bonds. The molecule has 2 heterocycles. The summed E-state index contributed by atoms with van der Waals surface area (Å²) >= 11 is 0. The lowest BCUT2D eigenvalue weighted by atomic mass is 10.1. The lowest BCUT2D eigenvalue weighted by molar-refractivity contribution is 0.627. The van der Waals surface area contributed by atoms with Gasteiger partial charge in [0.15, 0.2) is 0 Å². The third-order valence-corrected chi connectivity index (χ3v) is 4.63. The Balaban J connectivity index is 1.59. The number of imidazole rings is 1. The van der Waals surface area contributed by atoms with Crippen LogP contribution in [0, 0.1) is 11.6 Å². The van der Waals surface area contributed by atoms with Gasteiger partial charge in [0.25, 0.3) is 0 Å². The van der Waals surface area contributed by atoms with Crippen molar-refractivity contribution in [3.63, 3.8) is 0 Å².